The maximum absolute atomic E-state index is 11.4. The van der Waals surface area contributed by atoms with Crippen molar-refractivity contribution in [1.82, 2.24) is 5.32 Å². The van der Waals surface area contributed by atoms with Gasteiger partial charge in [0.25, 0.3) is 0 Å². The summed E-state index contributed by atoms with van der Waals surface area (Å²) in [5.41, 5.74) is 0. The average Bonchev–Trinajstić information content (AvgIpc) is 2.54. The van der Waals surface area contributed by atoms with E-state index in [1.165, 1.54) is 6.26 Å². The first-order valence-corrected chi connectivity index (χ1v) is 10.2. The van der Waals surface area contributed by atoms with Gasteiger partial charge in [-0.25, -0.2) is 16.8 Å². The molecule has 2 atom stereocenters. The van der Waals surface area contributed by atoms with Crippen LogP contribution in [0.5, 0.6) is 0 Å². The lowest BCUT2D eigenvalue weighted by Crippen LogP contribution is -2.33. The average molecular weight is 297 g/mol. The molecule has 108 valence electrons. The van der Waals surface area contributed by atoms with E-state index in [2.05, 4.69) is 5.32 Å². The number of nitrogens with one attached hydrogen (secondary N) is 1. The van der Waals surface area contributed by atoms with Crippen LogP contribution in [0.2, 0.25) is 0 Å². The van der Waals surface area contributed by atoms with Crippen molar-refractivity contribution >= 4 is 19.7 Å². The third-order valence-corrected chi connectivity index (χ3v) is 6.09. The molecule has 1 N–H and O–H groups in total. The molecule has 0 bridgehead atoms. The summed E-state index contributed by atoms with van der Waals surface area (Å²) in [6, 6.07) is 0.100. The van der Waals surface area contributed by atoms with Gasteiger partial charge in [0.15, 0.2) is 9.84 Å². The molecule has 5 nitrogen and oxygen atoms in total. The molecule has 0 aromatic carbocycles. The first-order valence-electron chi connectivity index (χ1n) is 6.33. The largest absolute Gasteiger partial charge is 0.314 e. The van der Waals surface area contributed by atoms with Gasteiger partial charge in [0.2, 0.25) is 0 Å². The van der Waals surface area contributed by atoms with Gasteiger partial charge in [0.05, 0.1) is 17.3 Å². The lowest BCUT2D eigenvalue weighted by molar-refractivity contribution is 0.402. The van der Waals surface area contributed by atoms with Crippen molar-refractivity contribution in [3.63, 3.8) is 0 Å². The molecule has 18 heavy (non-hydrogen) atoms. The molecule has 0 amide bonds. The summed E-state index contributed by atoms with van der Waals surface area (Å²) in [5.74, 6) is 0.874. The SMILES string of the molecule is CCNC(CCS(C)(=O)=O)CC1CCS(=O)(=O)C1. The second-order valence-electron chi connectivity index (χ2n) is 5.18. The Morgan fingerprint density at radius 2 is 2.06 bits per heavy atom. The number of hydrogen-bond acceptors (Lipinski definition) is 5. The van der Waals surface area contributed by atoms with E-state index in [0.29, 0.717) is 12.8 Å². The fourth-order valence-corrected chi connectivity index (χ4v) is 5.00. The summed E-state index contributed by atoms with van der Waals surface area (Å²) in [7, 11) is -5.80. The van der Waals surface area contributed by atoms with Crippen molar-refractivity contribution in [2.75, 3.05) is 30.1 Å². The highest BCUT2D eigenvalue weighted by Gasteiger charge is 2.29. The lowest BCUT2D eigenvalue weighted by atomic mass is 9.98. The number of hydrogen-bond donors (Lipinski definition) is 1. The molecule has 0 spiro atoms. The van der Waals surface area contributed by atoms with Crippen LogP contribution in [-0.4, -0.2) is 52.9 Å². The van der Waals surface area contributed by atoms with Gasteiger partial charge in [-0.15, -0.1) is 0 Å². The highest BCUT2D eigenvalue weighted by atomic mass is 32.2. The van der Waals surface area contributed by atoms with E-state index in [9.17, 15) is 16.8 Å². The van der Waals surface area contributed by atoms with Crippen LogP contribution >= 0.6 is 0 Å². The molecule has 1 saturated heterocycles. The van der Waals surface area contributed by atoms with E-state index in [-0.39, 0.29) is 29.2 Å². The van der Waals surface area contributed by atoms with Crippen LogP contribution in [0.15, 0.2) is 0 Å². The Balaban J connectivity index is 2.48. The van der Waals surface area contributed by atoms with Gasteiger partial charge in [0, 0.05) is 12.3 Å². The Morgan fingerprint density at radius 3 is 2.50 bits per heavy atom. The molecule has 1 fully saturated rings. The van der Waals surface area contributed by atoms with E-state index >= 15 is 0 Å². The Kier molecular flexibility index (Phi) is 5.61. The van der Waals surface area contributed by atoms with Crippen LogP contribution in [0.1, 0.15) is 26.2 Å². The third kappa shape index (κ3) is 6.15. The molecular weight excluding hydrogens is 274 g/mol. The van der Waals surface area contributed by atoms with Crippen LogP contribution in [0, 0.1) is 5.92 Å². The Bertz CT molecular complexity index is 455. The molecular formula is C11H23NO4S2. The Morgan fingerprint density at radius 1 is 1.39 bits per heavy atom. The summed E-state index contributed by atoms with van der Waals surface area (Å²) in [6.07, 6.45) is 3.25. The smallest absolute Gasteiger partial charge is 0.150 e. The maximum atomic E-state index is 11.4. The van der Waals surface area contributed by atoms with Crippen LogP contribution in [0.25, 0.3) is 0 Å². The molecule has 0 radical (unpaired) electrons. The zero-order valence-corrected chi connectivity index (χ0v) is 12.7. The highest BCUT2D eigenvalue weighted by Crippen LogP contribution is 2.23. The fourth-order valence-electron chi connectivity index (χ4n) is 2.41. The van der Waals surface area contributed by atoms with Gasteiger partial charge in [0.1, 0.15) is 9.84 Å². The zero-order valence-electron chi connectivity index (χ0n) is 11.1. The Labute approximate surface area is 110 Å². The van der Waals surface area contributed by atoms with Gasteiger partial charge >= 0.3 is 0 Å². The van der Waals surface area contributed by atoms with Crippen molar-refractivity contribution in [2.45, 2.75) is 32.2 Å². The number of sulfone groups is 2. The fraction of sp³-hybridized carbons (Fsp3) is 1.00. The van der Waals surface area contributed by atoms with Gasteiger partial charge in [-0.2, -0.15) is 0 Å². The molecule has 0 aliphatic carbocycles. The molecule has 7 heteroatoms. The van der Waals surface area contributed by atoms with E-state index in [1.54, 1.807) is 0 Å². The van der Waals surface area contributed by atoms with Crippen molar-refractivity contribution in [1.29, 1.82) is 0 Å². The third-order valence-electron chi connectivity index (χ3n) is 3.27. The van der Waals surface area contributed by atoms with Crippen LogP contribution in [-0.2, 0) is 19.7 Å². The predicted molar refractivity (Wildman–Crippen MR) is 73.2 cm³/mol. The van der Waals surface area contributed by atoms with E-state index < -0.39 is 19.7 Å². The minimum atomic E-state index is -2.95. The molecule has 1 aliphatic rings. The van der Waals surface area contributed by atoms with Gasteiger partial charge in [-0.05, 0) is 31.7 Å². The molecule has 0 saturated carbocycles. The number of rotatable bonds is 7. The minimum Gasteiger partial charge on any atom is -0.314 e. The van der Waals surface area contributed by atoms with E-state index in [4.69, 9.17) is 0 Å². The predicted octanol–water partition coefficient (Wildman–Crippen LogP) is 0.224. The molecule has 1 rings (SSSR count). The van der Waals surface area contributed by atoms with Crippen molar-refractivity contribution in [2.24, 2.45) is 5.92 Å². The Hall–Kier alpha value is -0.140. The van der Waals surface area contributed by atoms with E-state index in [1.807, 2.05) is 6.92 Å². The summed E-state index contributed by atoms with van der Waals surface area (Å²) < 4.78 is 45.1. The standard InChI is InChI=1S/C11H23NO4S2/c1-3-12-11(5-6-17(2,13)14)8-10-4-7-18(15,16)9-10/h10-12H,3-9H2,1-2H3. The van der Waals surface area contributed by atoms with Gasteiger partial charge < -0.3 is 5.32 Å². The highest BCUT2D eigenvalue weighted by molar-refractivity contribution is 7.91. The van der Waals surface area contributed by atoms with Gasteiger partial charge in [-0.1, -0.05) is 6.92 Å². The summed E-state index contributed by atoms with van der Waals surface area (Å²) in [5, 5.41) is 3.25. The van der Waals surface area contributed by atoms with Crippen LogP contribution < -0.4 is 5.32 Å². The molecule has 1 heterocycles. The summed E-state index contributed by atoms with van der Waals surface area (Å²) in [6.45, 7) is 2.74. The molecule has 1 aliphatic heterocycles. The van der Waals surface area contributed by atoms with Crippen LogP contribution in [0.4, 0.5) is 0 Å². The van der Waals surface area contributed by atoms with Crippen molar-refractivity contribution in [3.05, 3.63) is 0 Å². The zero-order chi connectivity index (χ0) is 13.8. The van der Waals surface area contributed by atoms with Crippen LogP contribution in [0.3, 0.4) is 0 Å². The van der Waals surface area contributed by atoms with Crippen molar-refractivity contribution in [3.8, 4) is 0 Å². The lowest BCUT2D eigenvalue weighted by Gasteiger charge is -2.20. The summed E-state index contributed by atoms with van der Waals surface area (Å²) in [4.78, 5) is 0. The molecule has 2 unspecified atom stereocenters. The van der Waals surface area contributed by atoms with Gasteiger partial charge in [-0.3, -0.25) is 0 Å². The normalized spacial score (nSPS) is 25.1. The second-order valence-corrected chi connectivity index (χ2v) is 9.67. The summed E-state index contributed by atoms with van der Waals surface area (Å²) >= 11 is 0. The topological polar surface area (TPSA) is 80.3 Å². The second kappa shape index (κ2) is 6.34. The molecule has 0 aromatic rings. The maximum Gasteiger partial charge on any atom is 0.150 e. The first-order chi connectivity index (χ1) is 8.22. The van der Waals surface area contributed by atoms with Crippen molar-refractivity contribution < 1.29 is 16.8 Å². The first kappa shape index (κ1) is 15.9. The minimum absolute atomic E-state index is 0.100. The monoisotopic (exact) mass is 297 g/mol. The molecule has 0 aromatic heterocycles. The quantitative estimate of drug-likeness (QED) is 0.727. The van der Waals surface area contributed by atoms with E-state index in [0.717, 1.165) is 13.0 Å².